The summed E-state index contributed by atoms with van der Waals surface area (Å²) in [7, 11) is 0. The number of carbonyl (C=O) groups excluding carboxylic acids is 1. The number of ether oxygens (including phenoxy) is 1. The molecule has 0 bridgehead atoms. The third kappa shape index (κ3) is 5.07. The number of fused-ring (bicyclic) bond motifs is 1. The normalized spacial score (nSPS) is 25.3. The van der Waals surface area contributed by atoms with Gasteiger partial charge in [0.05, 0.1) is 6.61 Å². The largest absolute Gasteiger partial charge is 0.463 e. The molecule has 30 heavy (non-hydrogen) atoms. The summed E-state index contributed by atoms with van der Waals surface area (Å²) in [5.74, 6) is 1.09. The molecular formula is C28H40O2. The van der Waals surface area contributed by atoms with Crippen molar-refractivity contribution in [3.05, 3.63) is 58.7 Å². The van der Waals surface area contributed by atoms with E-state index in [-0.39, 0.29) is 16.8 Å². The highest BCUT2D eigenvalue weighted by Gasteiger charge is 2.38. The van der Waals surface area contributed by atoms with E-state index in [4.69, 9.17) is 4.74 Å². The molecule has 0 heterocycles. The molecule has 2 nitrogen and oxygen atoms in total. The van der Waals surface area contributed by atoms with Gasteiger partial charge in [-0.25, -0.2) is 4.79 Å². The smallest absolute Gasteiger partial charge is 0.330 e. The van der Waals surface area contributed by atoms with Gasteiger partial charge >= 0.3 is 5.97 Å². The molecule has 2 heteroatoms. The zero-order valence-corrected chi connectivity index (χ0v) is 19.9. The fourth-order valence-corrected chi connectivity index (χ4v) is 5.44. The van der Waals surface area contributed by atoms with E-state index in [0.717, 1.165) is 12.0 Å². The molecule has 0 amide bonds. The quantitative estimate of drug-likeness (QED) is 0.279. The van der Waals surface area contributed by atoms with Gasteiger partial charge in [0.25, 0.3) is 0 Å². The van der Waals surface area contributed by atoms with Crippen molar-refractivity contribution in [2.45, 2.75) is 96.8 Å². The molecule has 1 aromatic rings. The van der Waals surface area contributed by atoms with Crippen molar-refractivity contribution in [3.8, 4) is 0 Å². The van der Waals surface area contributed by atoms with Gasteiger partial charge in [-0.2, -0.15) is 0 Å². The van der Waals surface area contributed by atoms with Gasteiger partial charge in [-0.15, -0.1) is 0 Å². The Labute approximate surface area is 183 Å². The lowest BCUT2D eigenvalue weighted by molar-refractivity contribution is -0.137. The zero-order chi connectivity index (χ0) is 21.9. The molecule has 0 radical (unpaired) electrons. The monoisotopic (exact) mass is 408 g/mol. The molecular weight excluding hydrogens is 368 g/mol. The fourth-order valence-electron chi connectivity index (χ4n) is 5.44. The van der Waals surface area contributed by atoms with Gasteiger partial charge < -0.3 is 4.74 Å². The molecule has 2 aliphatic rings. The van der Waals surface area contributed by atoms with Crippen LogP contribution in [-0.4, -0.2) is 12.6 Å². The van der Waals surface area contributed by atoms with Crippen LogP contribution in [0.4, 0.5) is 0 Å². The van der Waals surface area contributed by atoms with E-state index in [1.54, 1.807) is 17.2 Å². The average molecular weight is 409 g/mol. The summed E-state index contributed by atoms with van der Waals surface area (Å²) < 4.78 is 4.99. The summed E-state index contributed by atoms with van der Waals surface area (Å²) in [6.45, 7) is 13.8. The number of rotatable bonds is 6. The lowest BCUT2D eigenvalue weighted by Crippen LogP contribution is -2.34. The molecule has 0 spiro atoms. The lowest BCUT2D eigenvalue weighted by atomic mass is 9.62. The minimum absolute atomic E-state index is 0.252. The van der Waals surface area contributed by atoms with Gasteiger partial charge in [0.1, 0.15) is 0 Å². The van der Waals surface area contributed by atoms with Crippen molar-refractivity contribution in [2.24, 2.45) is 5.92 Å². The number of hydrogen-bond acceptors (Lipinski definition) is 2. The number of esters is 1. The maximum Gasteiger partial charge on any atom is 0.330 e. The van der Waals surface area contributed by atoms with Crippen LogP contribution >= 0.6 is 0 Å². The first-order chi connectivity index (χ1) is 14.1. The number of benzene rings is 1. The molecule has 1 aromatic carbocycles. The van der Waals surface area contributed by atoms with E-state index < -0.39 is 0 Å². The summed E-state index contributed by atoms with van der Waals surface area (Å²) in [4.78, 5) is 11.6. The first-order valence-electron chi connectivity index (χ1n) is 11.8. The van der Waals surface area contributed by atoms with Crippen molar-refractivity contribution < 1.29 is 9.53 Å². The second-order valence-corrected chi connectivity index (χ2v) is 10.6. The summed E-state index contributed by atoms with van der Waals surface area (Å²) in [5.41, 5.74) is 6.17. The van der Waals surface area contributed by atoms with Crippen molar-refractivity contribution in [1.82, 2.24) is 0 Å². The van der Waals surface area contributed by atoms with Crippen LogP contribution in [0.25, 0.3) is 0 Å². The highest BCUT2D eigenvalue weighted by Crippen LogP contribution is 2.48. The van der Waals surface area contributed by atoms with Crippen molar-refractivity contribution in [1.29, 1.82) is 0 Å². The van der Waals surface area contributed by atoms with Crippen LogP contribution in [0.2, 0.25) is 0 Å². The van der Waals surface area contributed by atoms with Crippen LogP contribution in [0.5, 0.6) is 0 Å². The van der Waals surface area contributed by atoms with Gasteiger partial charge in [0.2, 0.25) is 0 Å². The van der Waals surface area contributed by atoms with E-state index in [9.17, 15) is 4.79 Å². The molecule has 164 valence electrons. The standard InChI is InChI=1S/C28H40O2/c1-7-30-26(29)18-20(2)10-8-11-21-12-9-13-23(21)22-14-15-24-25(19-22)28(5,6)17-16-27(24,3)4/h8,10,14-15,18-19,21,23H,7,9,11-13,16-17H2,1-6H3. The van der Waals surface area contributed by atoms with E-state index in [1.165, 1.54) is 37.7 Å². The van der Waals surface area contributed by atoms with Crippen molar-refractivity contribution >= 4 is 5.97 Å². The van der Waals surface area contributed by atoms with E-state index >= 15 is 0 Å². The fraction of sp³-hybridized carbons (Fsp3) is 0.607. The Kier molecular flexibility index (Phi) is 6.95. The maximum absolute atomic E-state index is 11.6. The van der Waals surface area contributed by atoms with Crippen LogP contribution in [-0.2, 0) is 20.4 Å². The number of carbonyl (C=O) groups is 1. The van der Waals surface area contributed by atoms with Gasteiger partial charge in [0.15, 0.2) is 0 Å². The van der Waals surface area contributed by atoms with Crippen molar-refractivity contribution in [2.75, 3.05) is 6.61 Å². The SMILES string of the molecule is CCOC(=O)C=C(C)C=CCC1CCCC1c1ccc2c(c1)C(C)(C)CCC2(C)C. The Bertz CT molecular complexity index is 825. The summed E-state index contributed by atoms with van der Waals surface area (Å²) in [6, 6.07) is 7.40. The Hall–Kier alpha value is -1.83. The molecule has 2 atom stereocenters. The lowest BCUT2D eigenvalue weighted by Gasteiger charge is -2.42. The van der Waals surface area contributed by atoms with Gasteiger partial charge in [-0.1, -0.05) is 64.5 Å². The molecule has 2 aliphatic carbocycles. The third-order valence-corrected chi connectivity index (χ3v) is 7.42. The van der Waals surface area contributed by atoms with Gasteiger partial charge in [0, 0.05) is 6.08 Å². The molecule has 1 saturated carbocycles. The summed E-state index contributed by atoms with van der Waals surface area (Å²) >= 11 is 0. The van der Waals surface area contributed by atoms with Crippen LogP contribution in [0.15, 0.2) is 42.0 Å². The maximum atomic E-state index is 11.6. The second kappa shape index (κ2) is 9.12. The Morgan fingerprint density at radius 3 is 2.50 bits per heavy atom. The van der Waals surface area contributed by atoms with Crippen LogP contribution in [0, 0.1) is 5.92 Å². The van der Waals surface area contributed by atoms with Crippen LogP contribution in [0.3, 0.4) is 0 Å². The highest BCUT2D eigenvalue weighted by molar-refractivity contribution is 5.83. The molecule has 0 aromatic heterocycles. The van der Waals surface area contributed by atoms with E-state index in [2.05, 4.69) is 58.0 Å². The molecule has 0 N–H and O–H groups in total. The minimum Gasteiger partial charge on any atom is -0.463 e. The van der Waals surface area contributed by atoms with E-state index in [0.29, 0.717) is 18.4 Å². The Balaban J connectivity index is 1.75. The van der Waals surface area contributed by atoms with Gasteiger partial charge in [-0.05, 0) is 90.9 Å². The molecule has 3 rings (SSSR count). The zero-order valence-electron chi connectivity index (χ0n) is 19.9. The van der Waals surface area contributed by atoms with Crippen LogP contribution < -0.4 is 0 Å². The predicted octanol–water partition coefficient (Wildman–Crippen LogP) is 7.38. The van der Waals surface area contributed by atoms with E-state index in [1.807, 2.05) is 13.8 Å². The summed E-state index contributed by atoms with van der Waals surface area (Å²) in [5, 5.41) is 0. The Morgan fingerprint density at radius 1 is 1.10 bits per heavy atom. The highest BCUT2D eigenvalue weighted by atomic mass is 16.5. The van der Waals surface area contributed by atoms with Crippen molar-refractivity contribution in [3.63, 3.8) is 0 Å². The number of hydrogen-bond donors (Lipinski definition) is 0. The molecule has 0 aliphatic heterocycles. The average Bonchev–Trinajstić information content (AvgIpc) is 3.14. The number of allylic oxidation sites excluding steroid dienone is 3. The minimum atomic E-state index is -0.252. The third-order valence-electron chi connectivity index (χ3n) is 7.42. The van der Waals surface area contributed by atoms with Gasteiger partial charge in [-0.3, -0.25) is 0 Å². The Morgan fingerprint density at radius 2 is 1.80 bits per heavy atom. The second-order valence-electron chi connectivity index (χ2n) is 10.6. The molecule has 0 saturated heterocycles. The molecule has 2 unspecified atom stereocenters. The molecule has 1 fully saturated rings. The first kappa shape index (κ1) is 22.8. The summed E-state index contributed by atoms with van der Waals surface area (Å²) in [6.07, 6.45) is 13.4. The van der Waals surface area contributed by atoms with Crippen LogP contribution in [0.1, 0.15) is 103 Å². The topological polar surface area (TPSA) is 26.3 Å². The predicted molar refractivity (Wildman–Crippen MR) is 126 cm³/mol. The first-order valence-corrected chi connectivity index (χ1v) is 11.8.